The fourth-order valence-electron chi connectivity index (χ4n) is 3.07. The first kappa shape index (κ1) is 15.1. The van der Waals surface area contributed by atoms with E-state index in [0.717, 1.165) is 37.4 Å². The monoisotopic (exact) mass is 329 g/mol. The van der Waals surface area contributed by atoms with Gasteiger partial charge in [-0.2, -0.15) is 0 Å². The molecule has 1 aromatic heterocycles. The maximum Gasteiger partial charge on any atom is 0.144 e. The van der Waals surface area contributed by atoms with E-state index in [0.29, 0.717) is 11.4 Å². The summed E-state index contributed by atoms with van der Waals surface area (Å²) in [5.41, 5.74) is 1.48. The molecule has 2 aromatic rings. The molecule has 1 aromatic carbocycles. The summed E-state index contributed by atoms with van der Waals surface area (Å²) >= 11 is 12.2. The molecule has 3 rings (SSSR count). The van der Waals surface area contributed by atoms with Crippen LogP contribution in [-0.4, -0.2) is 34.6 Å². The number of imidazole rings is 1. The third-order valence-corrected chi connectivity index (χ3v) is 4.59. The van der Waals surface area contributed by atoms with E-state index in [4.69, 9.17) is 23.2 Å². The van der Waals surface area contributed by atoms with Gasteiger partial charge in [-0.05, 0) is 38.9 Å². The molecule has 0 N–H and O–H groups in total. The summed E-state index contributed by atoms with van der Waals surface area (Å²) in [6.45, 7) is 4.90. The predicted octanol–water partition coefficient (Wildman–Crippen LogP) is 4.08. The van der Waals surface area contributed by atoms with Gasteiger partial charge in [-0.1, -0.05) is 11.6 Å². The minimum absolute atomic E-state index is 0.126. The third kappa shape index (κ3) is 2.89. The van der Waals surface area contributed by atoms with Gasteiger partial charge in [0.25, 0.3) is 0 Å². The molecule has 0 saturated carbocycles. The first-order chi connectivity index (χ1) is 9.95. The number of likely N-dealkylation sites (tertiary alicyclic amines) is 1. The van der Waals surface area contributed by atoms with E-state index in [1.165, 1.54) is 6.07 Å². The lowest BCUT2D eigenvalue weighted by Crippen LogP contribution is -2.18. The van der Waals surface area contributed by atoms with Crippen molar-refractivity contribution in [1.82, 2.24) is 14.5 Å². The summed E-state index contributed by atoms with van der Waals surface area (Å²) in [7, 11) is 2.13. The first-order valence-electron chi connectivity index (χ1n) is 7.13. The van der Waals surface area contributed by atoms with Crippen LogP contribution in [0, 0.1) is 11.7 Å². The molecule has 1 saturated heterocycles. The fourth-order valence-corrected chi connectivity index (χ4v) is 3.39. The number of aromatic nitrogens is 2. The van der Waals surface area contributed by atoms with Crippen molar-refractivity contribution >= 4 is 34.2 Å². The van der Waals surface area contributed by atoms with Gasteiger partial charge in [-0.15, -0.1) is 11.6 Å². The number of fused-ring (bicyclic) bond motifs is 1. The Morgan fingerprint density at radius 2 is 2.24 bits per heavy atom. The fraction of sp³-hybridized carbons (Fsp3) is 0.533. The molecule has 0 bridgehead atoms. The number of benzene rings is 1. The Kier molecular flexibility index (Phi) is 4.12. The number of rotatable bonds is 3. The van der Waals surface area contributed by atoms with Crippen LogP contribution in [0.3, 0.4) is 0 Å². The van der Waals surface area contributed by atoms with Crippen molar-refractivity contribution in [3.63, 3.8) is 0 Å². The number of alkyl halides is 1. The number of halogens is 3. The highest BCUT2D eigenvalue weighted by molar-refractivity contribution is 6.31. The Hall–Kier alpha value is -0.840. The number of hydrogen-bond donors (Lipinski definition) is 0. The lowest BCUT2D eigenvalue weighted by molar-refractivity contribution is 0.377. The first-order valence-corrected chi connectivity index (χ1v) is 7.95. The molecule has 0 amide bonds. The maximum atomic E-state index is 13.6. The van der Waals surface area contributed by atoms with Gasteiger partial charge in [0, 0.05) is 19.2 Å². The van der Waals surface area contributed by atoms with E-state index in [1.807, 2.05) is 6.92 Å². The van der Waals surface area contributed by atoms with Crippen molar-refractivity contribution in [2.24, 2.45) is 5.92 Å². The summed E-state index contributed by atoms with van der Waals surface area (Å²) in [5, 5.41) is -0.0978. The summed E-state index contributed by atoms with van der Waals surface area (Å²) in [4.78, 5) is 6.81. The van der Waals surface area contributed by atoms with Gasteiger partial charge < -0.3 is 9.47 Å². The quantitative estimate of drug-likeness (QED) is 0.791. The van der Waals surface area contributed by atoms with Crippen molar-refractivity contribution in [3.8, 4) is 0 Å². The Morgan fingerprint density at radius 1 is 1.48 bits per heavy atom. The maximum absolute atomic E-state index is 13.6. The SMILES string of the molecule is CC(Cl)c1nc2cc(F)c(Cl)cc2n1CC1CCN(C)C1. The molecule has 2 heterocycles. The predicted molar refractivity (Wildman–Crippen MR) is 84.6 cm³/mol. The molecule has 114 valence electrons. The van der Waals surface area contributed by atoms with Gasteiger partial charge in [0.1, 0.15) is 11.6 Å². The van der Waals surface area contributed by atoms with Crippen LogP contribution in [0.4, 0.5) is 4.39 Å². The van der Waals surface area contributed by atoms with E-state index < -0.39 is 5.82 Å². The van der Waals surface area contributed by atoms with E-state index in [1.54, 1.807) is 6.07 Å². The molecule has 3 nitrogen and oxygen atoms in total. The van der Waals surface area contributed by atoms with Crippen molar-refractivity contribution in [2.45, 2.75) is 25.3 Å². The second kappa shape index (κ2) is 5.75. The molecule has 21 heavy (non-hydrogen) atoms. The Bertz CT molecular complexity index is 668. The van der Waals surface area contributed by atoms with Crippen LogP contribution in [0.5, 0.6) is 0 Å². The Morgan fingerprint density at radius 3 is 2.86 bits per heavy atom. The highest BCUT2D eigenvalue weighted by Crippen LogP contribution is 2.30. The van der Waals surface area contributed by atoms with Gasteiger partial charge in [0.05, 0.1) is 21.4 Å². The van der Waals surface area contributed by atoms with Crippen molar-refractivity contribution in [3.05, 3.63) is 28.8 Å². The summed E-state index contributed by atoms with van der Waals surface area (Å²) < 4.78 is 15.7. The van der Waals surface area contributed by atoms with Crippen LogP contribution < -0.4 is 0 Å². The minimum Gasteiger partial charge on any atom is -0.326 e. The third-order valence-electron chi connectivity index (χ3n) is 4.11. The smallest absolute Gasteiger partial charge is 0.144 e. The van der Waals surface area contributed by atoms with Crippen LogP contribution in [0.1, 0.15) is 24.5 Å². The lowest BCUT2D eigenvalue weighted by Gasteiger charge is -2.15. The van der Waals surface area contributed by atoms with E-state index in [2.05, 4.69) is 21.5 Å². The van der Waals surface area contributed by atoms with Gasteiger partial charge in [0.2, 0.25) is 0 Å². The molecule has 2 unspecified atom stereocenters. The molecule has 2 atom stereocenters. The zero-order chi connectivity index (χ0) is 15.1. The standard InChI is InChI=1S/C15H18Cl2FN3/c1-9(16)15-19-13-6-12(18)11(17)5-14(13)21(15)8-10-3-4-20(2)7-10/h5-6,9-10H,3-4,7-8H2,1-2H3. The molecular weight excluding hydrogens is 312 g/mol. The molecular formula is C15H18Cl2FN3. The van der Waals surface area contributed by atoms with Gasteiger partial charge in [-0.25, -0.2) is 9.37 Å². The van der Waals surface area contributed by atoms with Crippen molar-refractivity contribution in [1.29, 1.82) is 0 Å². The molecule has 1 fully saturated rings. The molecule has 0 spiro atoms. The van der Waals surface area contributed by atoms with Gasteiger partial charge >= 0.3 is 0 Å². The van der Waals surface area contributed by atoms with E-state index in [-0.39, 0.29) is 10.4 Å². The van der Waals surface area contributed by atoms with Crippen LogP contribution in [0.2, 0.25) is 5.02 Å². The summed E-state index contributed by atoms with van der Waals surface area (Å²) in [6, 6.07) is 3.04. The van der Waals surface area contributed by atoms with Crippen LogP contribution in [-0.2, 0) is 6.54 Å². The molecule has 1 aliphatic heterocycles. The summed E-state index contributed by atoms with van der Waals surface area (Å²) in [6.07, 6.45) is 1.15. The van der Waals surface area contributed by atoms with Crippen LogP contribution in [0.15, 0.2) is 12.1 Å². The average molecular weight is 330 g/mol. The minimum atomic E-state index is -0.441. The zero-order valence-corrected chi connectivity index (χ0v) is 13.6. The largest absolute Gasteiger partial charge is 0.326 e. The van der Waals surface area contributed by atoms with Crippen molar-refractivity contribution < 1.29 is 4.39 Å². The number of nitrogens with zero attached hydrogens (tertiary/aromatic N) is 3. The number of hydrogen-bond acceptors (Lipinski definition) is 2. The highest BCUT2D eigenvalue weighted by Gasteiger charge is 2.24. The van der Waals surface area contributed by atoms with Gasteiger partial charge in [-0.3, -0.25) is 0 Å². The Balaban J connectivity index is 2.05. The van der Waals surface area contributed by atoms with Crippen molar-refractivity contribution in [2.75, 3.05) is 20.1 Å². The van der Waals surface area contributed by atoms with Gasteiger partial charge in [0.15, 0.2) is 0 Å². The average Bonchev–Trinajstić information content (AvgIpc) is 2.96. The second-order valence-corrected chi connectivity index (χ2v) is 6.93. The van der Waals surface area contributed by atoms with Crippen LogP contribution in [0.25, 0.3) is 11.0 Å². The molecule has 0 aliphatic carbocycles. The Labute approximate surface area is 133 Å². The molecule has 0 radical (unpaired) electrons. The summed E-state index contributed by atoms with van der Waals surface area (Å²) in [5.74, 6) is 0.900. The zero-order valence-electron chi connectivity index (χ0n) is 12.1. The molecule has 6 heteroatoms. The normalized spacial score (nSPS) is 21.3. The topological polar surface area (TPSA) is 21.1 Å². The van der Waals surface area contributed by atoms with E-state index in [9.17, 15) is 4.39 Å². The van der Waals surface area contributed by atoms with E-state index >= 15 is 0 Å². The van der Waals surface area contributed by atoms with Crippen LogP contribution >= 0.6 is 23.2 Å². The highest BCUT2D eigenvalue weighted by atomic mass is 35.5. The second-order valence-electron chi connectivity index (χ2n) is 5.87. The lowest BCUT2D eigenvalue weighted by atomic mass is 10.1. The molecule has 1 aliphatic rings.